The van der Waals surface area contributed by atoms with Crippen molar-refractivity contribution in [2.45, 2.75) is 25.0 Å². The topological polar surface area (TPSA) is 43.4 Å². The molecular formula is C11H16N2O2. The Bertz CT molecular complexity index is 324. The molecule has 0 radical (unpaired) electrons. The predicted octanol–water partition coefficient (Wildman–Crippen LogP) is 1.68. The molecule has 0 aromatic carbocycles. The van der Waals surface area contributed by atoms with E-state index < -0.39 is 0 Å². The van der Waals surface area contributed by atoms with E-state index in [1.54, 1.807) is 20.4 Å². The fourth-order valence-corrected chi connectivity index (χ4v) is 1.73. The molecule has 1 aromatic heterocycles. The molecule has 2 rings (SSSR count). The van der Waals surface area contributed by atoms with Crippen LogP contribution in [0.1, 0.15) is 12.8 Å². The Morgan fingerprint density at radius 2 is 2.20 bits per heavy atom. The largest absolute Gasteiger partial charge is 0.493 e. The first-order chi connectivity index (χ1) is 7.33. The minimum atomic E-state index is 0.400. The monoisotopic (exact) mass is 208 g/mol. The van der Waals surface area contributed by atoms with Crippen LogP contribution in [0.3, 0.4) is 0 Å². The first-order valence-electron chi connectivity index (χ1n) is 5.12. The summed E-state index contributed by atoms with van der Waals surface area (Å²) in [6.45, 7) is 0. The zero-order valence-electron chi connectivity index (χ0n) is 9.06. The van der Waals surface area contributed by atoms with E-state index in [0.717, 1.165) is 24.4 Å². The minimum Gasteiger partial charge on any atom is -0.493 e. The van der Waals surface area contributed by atoms with Gasteiger partial charge in [-0.3, -0.25) is 0 Å². The van der Waals surface area contributed by atoms with Gasteiger partial charge in [0.25, 0.3) is 0 Å². The molecule has 1 aromatic rings. The lowest BCUT2D eigenvalue weighted by molar-refractivity contribution is 0.0327. The number of ether oxygens (including phenoxy) is 2. The van der Waals surface area contributed by atoms with E-state index in [9.17, 15) is 0 Å². The fourth-order valence-electron chi connectivity index (χ4n) is 1.73. The van der Waals surface area contributed by atoms with Gasteiger partial charge in [0.15, 0.2) is 11.6 Å². The zero-order chi connectivity index (χ0) is 10.7. The van der Waals surface area contributed by atoms with E-state index in [-0.39, 0.29) is 0 Å². The molecular weight excluding hydrogens is 192 g/mol. The van der Waals surface area contributed by atoms with Crippen molar-refractivity contribution in [3.05, 3.63) is 18.3 Å². The highest BCUT2D eigenvalue weighted by Gasteiger charge is 2.29. The van der Waals surface area contributed by atoms with Crippen molar-refractivity contribution >= 4 is 5.82 Å². The Hall–Kier alpha value is -1.29. The van der Waals surface area contributed by atoms with E-state index >= 15 is 0 Å². The molecule has 1 aliphatic rings. The number of anilines is 1. The van der Waals surface area contributed by atoms with Gasteiger partial charge in [0, 0.05) is 19.3 Å². The van der Waals surface area contributed by atoms with Crippen molar-refractivity contribution < 1.29 is 9.47 Å². The Kier molecular flexibility index (Phi) is 3.06. The van der Waals surface area contributed by atoms with Crippen LogP contribution in [0, 0.1) is 0 Å². The third kappa shape index (κ3) is 2.21. The molecule has 0 spiro atoms. The van der Waals surface area contributed by atoms with E-state index in [4.69, 9.17) is 9.47 Å². The molecule has 1 aliphatic carbocycles. The van der Waals surface area contributed by atoms with Gasteiger partial charge in [0.1, 0.15) is 0 Å². The maximum Gasteiger partial charge on any atom is 0.168 e. The summed E-state index contributed by atoms with van der Waals surface area (Å²) in [5.74, 6) is 1.61. The number of rotatable bonds is 4. The quantitative estimate of drug-likeness (QED) is 0.817. The standard InChI is InChI=1S/C11H16N2O2/c1-14-9-6-8(7-9)13-11-10(15-2)4-3-5-12-11/h3-5,8-9H,6-7H2,1-2H3,(H,12,13). The minimum absolute atomic E-state index is 0.400. The van der Waals surface area contributed by atoms with Gasteiger partial charge >= 0.3 is 0 Å². The van der Waals surface area contributed by atoms with Gasteiger partial charge in [-0.25, -0.2) is 4.98 Å². The highest BCUT2D eigenvalue weighted by Crippen LogP contribution is 2.29. The number of nitrogens with one attached hydrogen (secondary N) is 1. The van der Waals surface area contributed by atoms with Crippen LogP contribution in [0.15, 0.2) is 18.3 Å². The molecule has 0 bridgehead atoms. The van der Waals surface area contributed by atoms with Crippen LogP contribution < -0.4 is 10.1 Å². The number of pyridine rings is 1. The Morgan fingerprint density at radius 3 is 2.87 bits per heavy atom. The first kappa shape index (κ1) is 10.2. The van der Waals surface area contributed by atoms with Crippen molar-refractivity contribution in [1.29, 1.82) is 0 Å². The van der Waals surface area contributed by atoms with Crippen LogP contribution in [0.5, 0.6) is 5.75 Å². The summed E-state index contributed by atoms with van der Waals surface area (Å²) in [6, 6.07) is 4.23. The lowest BCUT2D eigenvalue weighted by atomic mass is 9.89. The number of hydrogen-bond donors (Lipinski definition) is 1. The number of nitrogens with zero attached hydrogens (tertiary/aromatic N) is 1. The van der Waals surface area contributed by atoms with Crippen LogP contribution in [0.25, 0.3) is 0 Å². The smallest absolute Gasteiger partial charge is 0.168 e. The van der Waals surface area contributed by atoms with Crippen molar-refractivity contribution in [1.82, 2.24) is 4.98 Å². The average Bonchev–Trinajstić information content (AvgIpc) is 2.23. The SMILES string of the molecule is COc1cccnc1NC1CC(OC)C1. The first-order valence-corrected chi connectivity index (χ1v) is 5.12. The Balaban J connectivity index is 1.94. The van der Waals surface area contributed by atoms with Crippen LogP contribution >= 0.6 is 0 Å². The highest BCUT2D eigenvalue weighted by molar-refractivity contribution is 5.50. The Labute approximate surface area is 89.6 Å². The van der Waals surface area contributed by atoms with Crippen LogP contribution in [-0.2, 0) is 4.74 Å². The molecule has 1 saturated carbocycles. The lowest BCUT2D eigenvalue weighted by Gasteiger charge is -2.35. The molecule has 0 saturated heterocycles. The molecule has 1 fully saturated rings. The third-order valence-corrected chi connectivity index (χ3v) is 2.76. The van der Waals surface area contributed by atoms with E-state index in [2.05, 4.69) is 10.3 Å². The predicted molar refractivity (Wildman–Crippen MR) is 58.2 cm³/mol. The van der Waals surface area contributed by atoms with Gasteiger partial charge in [-0.1, -0.05) is 0 Å². The fraction of sp³-hybridized carbons (Fsp3) is 0.545. The second-order valence-electron chi connectivity index (χ2n) is 3.72. The summed E-state index contributed by atoms with van der Waals surface area (Å²) in [5, 5.41) is 3.35. The van der Waals surface area contributed by atoms with E-state index in [0.29, 0.717) is 12.1 Å². The zero-order valence-corrected chi connectivity index (χ0v) is 9.06. The molecule has 4 heteroatoms. The van der Waals surface area contributed by atoms with Crippen LogP contribution in [0.4, 0.5) is 5.82 Å². The summed E-state index contributed by atoms with van der Waals surface area (Å²) in [7, 11) is 3.41. The average molecular weight is 208 g/mol. The van der Waals surface area contributed by atoms with Gasteiger partial charge in [-0.15, -0.1) is 0 Å². The van der Waals surface area contributed by atoms with Gasteiger partial charge in [-0.05, 0) is 25.0 Å². The molecule has 0 amide bonds. The number of methoxy groups -OCH3 is 2. The Morgan fingerprint density at radius 1 is 1.40 bits per heavy atom. The maximum atomic E-state index is 5.22. The molecule has 82 valence electrons. The second-order valence-corrected chi connectivity index (χ2v) is 3.72. The van der Waals surface area contributed by atoms with E-state index in [1.807, 2.05) is 12.1 Å². The number of hydrogen-bond acceptors (Lipinski definition) is 4. The molecule has 0 aliphatic heterocycles. The van der Waals surface area contributed by atoms with E-state index in [1.165, 1.54) is 0 Å². The maximum absolute atomic E-state index is 5.22. The lowest BCUT2D eigenvalue weighted by Crippen LogP contribution is -2.40. The molecule has 15 heavy (non-hydrogen) atoms. The number of aromatic nitrogens is 1. The van der Waals surface area contributed by atoms with Crippen LogP contribution in [0.2, 0.25) is 0 Å². The van der Waals surface area contributed by atoms with Gasteiger partial charge in [0.2, 0.25) is 0 Å². The van der Waals surface area contributed by atoms with Gasteiger partial charge in [0.05, 0.1) is 13.2 Å². The normalized spacial score (nSPS) is 24.4. The summed E-state index contributed by atoms with van der Waals surface area (Å²) in [5.41, 5.74) is 0. The van der Waals surface area contributed by atoms with Crippen molar-refractivity contribution in [3.63, 3.8) is 0 Å². The molecule has 4 nitrogen and oxygen atoms in total. The van der Waals surface area contributed by atoms with Crippen molar-refractivity contribution in [3.8, 4) is 5.75 Å². The summed E-state index contributed by atoms with van der Waals surface area (Å²) in [4.78, 5) is 4.25. The van der Waals surface area contributed by atoms with Gasteiger partial charge < -0.3 is 14.8 Å². The molecule has 0 unspecified atom stereocenters. The van der Waals surface area contributed by atoms with Crippen molar-refractivity contribution in [2.24, 2.45) is 0 Å². The summed E-state index contributed by atoms with van der Waals surface area (Å²) in [6.07, 6.45) is 4.24. The van der Waals surface area contributed by atoms with Crippen LogP contribution in [-0.4, -0.2) is 31.3 Å². The second kappa shape index (κ2) is 4.49. The summed E-state index contributed by atoms with van der Waals surface area (Å²) >= 11 is 0. The van der Waals surface area contributed by atoms with Gasteiger partial charge in [-0.2, -0.15) is 0 Å². The van der Waals surface area contributed by atoms with Crippen molar-refractivity contribution in [2.75, 3.05) is 19.5 Å². The summed E-state index contributed by atoms with van der Waals surface area (Å²) < 4.78 is 10.4. The molecule has 1 N–H and O–H groups in total. The third-order valence-electron chi connectivity index (χ3n) is 2.76. The molecule has 0 atom stereocenters. The highest BCUT2D eigenvalue weighted by atomic mass is 16.5. The molecule has 1 heterocycles.